The van der Waals surface area contributed by atoms with Crippen molar-refractivity contribution in [3.8, 4) is 5.75 Å². The van der Waals surface area contributed by atoms with Crippen LogP contribution in [0.3, 0.4) is 0 Å². The highest BCUT2D eigenvalue weighted by Crippen LogP contribution is 2.32. The minimum Gasteiger partial charge on any atom is -0.494 e. The van der Waals surface area contributed by atoms with Crippen LogP contribution in [0, 0.1) is 11.6 Å². The molecule has 7 heteroatoms. The SMILES string of the molecule is COc1cc(F)ccc1Nc1cc(F)c(C(=O)O)cc1N. The zero-order valence-electron chi connectivity index (χ0n) is 11.0. The Balaban J connectivity index is 2.41. The first kappa shape index (κ1) is 14.6. The quantitative estimate of drug-likeness (QED) is 0.755. The Kier molecular flexibility index (Phi) is 3.93. The first-order valence-corrected chi connectivity index (χ1v) is 5.85. The zero-order chi connectivity index (χ0) is 15.6. The first-order chi connectivity index (χ1) is 9.92. The normalized spacial score (nSPS) is 10.2. The predicted molar refractivity (Wildman–Crippen MR) is 74.0 cm³/mol. The number of nitrogens with two attached hydrogens (primary N) is 1. The molecule has 2 aromatic rings. The van der Waals surface area contributed by atoms with Crippen LogP contribution in [0.5, 0.6) is 5.75 Å². The van der Waals surface area contributed by atoms with Crippen LogP contribution in [0.2, 0.25) is 0 Å². The number of carbonyl (C=O) groups is 1. The van der Waals surface area contributed by atoms with E-state index in [9.17, 15) is 13.6 Å². The van der Waals surface area contributed by atoms with Crippen LogP contribution in [-0.4, -0.2) is 18.2 Å². The average Bonchev–Trinajstić information content (AvgIpc) is 2.43. The molecule has 4 N–H and O–H groups in total. The summed E-state index contributed by atoms with van der Waals surface area (Å²) in [6.07, 6.45) is 0. The zero-order valence-corrected chi connectivity index (χ0v) is 11.0. The number of hydrogen-bond acceptors (Lipinski definition) is 4. The Bertz CT molecular complexity index is 705. The molecule has 0 atom stereocenters. The molecule has 0 spiro atoms. The van der Waals surface area contributed by atoms with E-state index >= 15 is 0 Å². The Labute approximate surface area is 119 Å². The first-order valence-electron chi connectivity index (χ1n) is 5.85. The summed E-state index contributed by atoms with van der Waals surface area (Å²) in [6, 6.07) is 5.72. The van der Waals surface area contributed by atoms with E-state index in [4.69, 9.17) is 15.6 Å². The molecule has 0 aliphatic rings. The van der Waals surface area contributed by atoms with Crippen LogP contribution in [0.1, 0.15) is 10.4 Å². The van der Waals surface area contributed by atoms with Gasteiger partial charge in [0, 0.05) is 12.1 Å². The van der Waals surface area contributed by atoms with E-state index in [2.05, 4.69) is 5.32 Å². The molecule has 2 rings (SSSR count). The minimum absolute atomic E-state index is 0.0418. The van der Waals surface area contributed by atoms with Gasteiger partial charge in [-0.15, -0.1) is 0 Å². The number of nitrogen functional groups attached to an aromatic ring is 1. The maximum absolute atomic E-state index is 13.7. The van der Waals surface area contributed by atoms with Crippen molar-refractivity contribution in [3.05, 3.63) is 47.5 Å². The van der Waals surface area contributed by atoms with Crippen LogP contribution < -0.4 is 15.8 Å². The highest BCUT2D eigenvalue weighted by Gasteiger charge is 2.15. The number of hydrogen-bond donors (Lipinski definition) is 3. The van der Waals surface area contributed by atoms with Gasteiger partial charge in [0.25, 0.3) is 0 Å². The molecule has 0 radical (unpaired) electrons. The van der Waals surface area contributed by atoms with Gasteiger partial charge in [0.05, 0.1) is 29.7 Å². The Hall–Kier alpha value is -2.83. The highest BCUT2D eigenvalue weighted by molar-refractivity contribution is 5.91. The van der Waals surface area contributed by atoms with Crippen molar-refractivity contribution in [1.82, 2.24) is 0 Å². The van der Waals surface area contributed by atoms with Gasteiger partial charge in [0.1, 0.15) is 17.4 Å². The van der Waals surface area contributed by atoms with E-state index in [1.165, 1.54) is 19.2 Å². The summed E-state index contributed by atoms with van der Waals surface area (Å²) in [5, 5.41) is 11.6. The third kappa shape index (κ3) is 3.02. The van der Waals surface area contributed by atoms with Crippen molar-refractivity contribution in [2.75, 3.05) is 18.2 Å². The summed E-state index contributed by atoms with van der Waals surface area (Å²) in [4.78, 5) is 10.8. The molecule has 0 fully saturated rings. The Morgan fingerprint density at radius 2 is 1.95 bits per heavy atom. The van der Waals surface area contributed by atoms with Gasteiger partial charge in [-0.25, -0.2) is 13.6 Å². The Morgan fingerprint density at radius 3 is 2.57 bits per heavy atom. The summed E-state index contributed by atoms with van der Waals surface area (Å²) in [5.41, 5.74) is 5.73. The molecular weight excluding hydrogens is 282 g/mol. The molecule has 0 amide bonds. The third-order valence-electron chi connectivity index (χ3n) is 2.80. The fourth-order valence-electron chi connectivity index (χ4n) is 1.78. The van der Waals surface area contributed by atoms with Crippen LogP contribution in [0.25, 0.3) is 0 Å². The molecule has 0 saturated carbocycles. The topological polar surface area (TPSA) is 84.6 Å². The van der Waals surface area contributed by atoms with Crippen LogP contribution in [0.15, 0.2) is 30.3 Å². The van der Waals surface area contributed by atoms with E-state index in [1.54, 1.807) is 0 Å². The number of carboxylic acid groups (broad SMARTS) is 1. The second-order valence-corrected chi connectivity index (χ2v) is 4.19. The molecule has 0 saturated heterocycles. The van der Waals surface area contributed by atoms with Gasteiger partial charge >= 0.3 is 5.97 Å². The molecule has 2 aromatic carbocycles. The van der Waals surface area contributed by atoms with Gasteiger partial charge in [-0.1, -0.05) is 0 Å². The lowest BCUT2D eigenvalue weighted by Crippen LogP contribution is -2.05. The van der Waals surface area contributed by atoms with Gasteiger partial charge in [0.2, 0.25) is 0 Å². The molecule has 0 unspecified atom stereocenters. The molecular formula is C14H12F2N2O3. The largest absolute Gasteiger partial charge is 0.494 e. The summed E-state index contributed by atoms with van der Waals surface area (Å²) in [6.45, 7) is 0. The molecule has 0 aliphatic carbocycles. The van der Waals surface area contributed by atoms with Crippen LogP contribution in [-0.2, 0) is 0 Å². The van der Waals surface area contributed by atoms with E-state index in [-0.39, 0.29) is 17.1 Å². The average molecular weight is 294 g/mol. The fourth-order valence-corrected chi connectivity index (χ4v) is 1.78. The lowest BCUT2D eigenvalue weighted by atomic mass is 10.1. The van der Waals surface area contributed by atoms with Crippen LogP contribution in [0.4, 0.5) is 25.8 Å². The molecule has 21 heavy (non-hydrogen) atoms. The summed E-state index contributed by atoms with van der Waals surface area (Å²) in [5.74, 6) is -2.62. The van der Waals surface area contributed by atoms with Crippen LogP contribution >= 0.6 is 0 Å². The molecule has 0 bridgehead atoms. The van der Waals surface area contributed by atoms with Crippen molar-refractivity contribution in [2.45, 2.75) is 0 Å². The number of anilines is 3. The number of methoxy groups -OCH3 is 1. The molecule has 0 aliphatic heterocycles. The van der Waals surface area contributed by atoms with E-state index < -0.39 is 23.2 Å². The van der Waals surface area contributed by atoms with E-state index in [0.717, 1.165) is 18.2 Å². The van der Waals surface area contributed by atoms with Gasteiger partial charge in [0.15, 0.2) is 0 Å². The van der Waals surface area contributed by atoms with Crippen molar-refractivity contribution in [1.29, 1.82) is 0 Å². The number of benzene rings is 2. The number of halogens is 2. The van der Waals surface area contributed by atoms with E-state index in [1.807, 2.05) is 0 Å². The van der Waals surface area contributed by atoms with Gasteiger partial charge in [-0.3, -0.25) is 0 Å². The number of carboxylic acids is 1. The standard InChI is InChI=1S/C14H12F2N2O3/c1-21-13-4-7(15)2-3-11(13)18-12-6-9(16)8(14(19)20)5-10(12)17/h2-6,18H,17H2,1H3,(H,19,20). The molecule has 110 valence electrons. The monoisotopic (exact) mass is 294 g/mol. The van der Waals surface area contributed by atoms with Crippen molar-refractivity contribution < 1.29 is 23.4 Å². The summed E-state index contributed by atoms with van der Waals surface area (Å²) < 4.78 is 31.8. The second-order valence-electron chi connectivity index (χ2n) is 4.19. The van der Waals surface area contributed by atoms with Gasteiger partial charge < -0.3 is 20.9 Å². The minimum atomic E-state index is -1.41. The lowest BCUT2D eigenvalue weighted by Gasteiger charge is -2.13. The van der Waals surface area contributed by atoms with Gasteiger partial charge in [-0.05, 0) is 18.2 Å². The Morgan fingerprint density at radius 1 is 1.24 bits per heavy atom. The number of rotatable bonds is 4. The lowest BCUT2D eigenvalue weighted by molar-refractivity contribution is 0.0692. The van der Waals surface area contributed by atoms with E-state index in [0.29, 0.717) is 5.69 Å². The maximum atomic E-state index is 13.7. The maximum Gasteiger partial charge on any atom is 0.338 e. The van der Waals surface area contributed by atoms with Crippen molar-refractivity contribution in [3.63, 3.8) is 0 Å². The summed E-state index contributed by atoms with van der Waals surface area (Å²) in [7, 11) is 1.36. The fraction of sp³-hybridized carbons (Fsp3) is 0.0714. The smallest absolute Gasteiger partial charge is 0.338 e. The second kappa shape index (κ2) is 5.66. The predicted octanol–water partition coefficient (Wildman–Crippen LogP) is 3.00. The number of nitrogens with one attached hydrogen (secondary N) is 1. The van der Waals surface area contributed by atoms with Gasteiger partial charge in [-0.2, -0.15) is 0 Å². The molecule has 0 heterocycles. The number of ether oxygens (including phenoxy) is 1. The molecule has 0 aromatic heterocycles. The van der Waals surface area contributed by atoms with Crippen molar-refractivity contribution >= 4 is 23.0 Å². The third-order valence-corrected chi connectivity index (χ3v) is 2.80. The molecule has 5 nitrogen and oxygen atoms in total. The summed E-state index contributed by atoms with van der Waals surface area (Å²) >= 11 is 0. The number of aromatic carboxylic acids is 1. The highest BCUT2D eigenvalue weighted by atomic mass is 19.1. The van der Waals surface area contributed by atoms with Crippen molar-refractivity contribution in [2.24, 2.45) is 0 Å².